The van der Waals surface area contributed by atoms with E-state index in [9.17, 15) is 4.79 Å². The zero-order valence-corrected chi connectivity index (χ0v) is 17.3. The predicted octanol–water partition coefficient (Wildman–Crippen LogP) is 5.37. The maximum Gasteiger partial charge on any atom is 0.257 e. The summed E-state index contributed by atoms with van der Waals surface area (Å²) in [5.74, 6) is 1.67. The number of carbonyl (C=O) groups excluding carboxylic acids is 1. The van der Waals surface area contributed by atoms with E-state index >= 15 is 0 Å². The summed E-state index contributed by atoms with van der Waals surface area (Å²) in [5.41, 5.74) is 4.95. The first-order valence-corrected chi connectivity index (χ1v) is 9.95. The Morgan fingerprint density at radius 1 is 1.00 bits per heavy atom. The average molecular weight is 368 g/mol. The first kappa shape index (κ1) is 21.0. The summed E-state index contributed by atoms with van der Waals surface area (Å²) < 4.78 is 5.78. The quantitative estimate of drug-likeness (QED) is 0.605. The Bertz CT molecular complexity index is 733. The van der Waals surface area contributed by atoms with E-state index in [4.69, 9.17) is 4.74 Å². The topological polar surface area (TPSA) is 38.3 Å². The maximum atomic E-state index is 12.1. The number of hydrogen-bond donors (Lipinski definition) is 1. The van der Waals surface area contributed by atoms with Crippen LogP contribution in [-0.2, 0) is 11.2 Å². The second-order valence-electron chi connectivity index (χ2n) is 7.83. The van der Waals surface area contributed by atoms with E-state index in [0.29, 0.717) is 18.4 Å². The summed E-state index contributed by atoms with van der Waals surface area (Å²) in [6.45, 7) is 11.4. The average Bonchev–Trinajstić information content (AvgIpc) is 2.63. The van der Waals surface area contributed by atoms with Crippen LogP contribution in [0.3, 0.4) is 0 Å². The molecule has 0 aliphatic carbocycles. The number of ether oxygens (including phenoxy) is 1. The van der Waals surface area contributed by atoms with Crippen LogP contribution in [0.4, 0.5) is 0 Å². The molecular formula is C24H33NO2. The Balaban J connectivity index is 1.73. The summed E-state index contributed by atoms with van der Waals surface area (Å²) in [5, 5.41) is 2.95. The monoisotopic (exact) mass is 367 g/mol. The molecule has 2 aromatic carbocycles. The molecule has 1 N–H and O–H groups in total. The number of carbonyl (C=O) groups is 1. The Hall–Kier alpha value is -2.29. The molecule has 3 heteroatoms. The number of benzene rings is 2. The molecule has 0 saturated heterocycles. The summed E-state index contributed by atoms with van der Waals surface area (Å²) in [6, 6.07) is 14.9. The number of rotatable bonds is 9. The van der Waals surface area contributed by atoms with Gasteiger partial charge in [0.1, 0.15) is 5.75 Å². The van der Waals surface area contributed by atoms with Crippen LogP contribution in [0, 0.1) is 6.92 Å². The van der Waals surface area contributed by atoms with Gasteiger partial charge in [-0.25, -0.2) is 0 Å². The molecule has 27 heavy (non-hydrogen) atoms. The SMILES string of the molecule is Cc1ccc(C(C)C)c(OCC(=O)NCCCc2ccc(C(C)C)cc2)c1. The molecule has 0 aliphatic rings. The van der Waals surface area contributed by atoms with Crippen LogP contribution in [0.25, 0.3) is 0 Å². The van der Waals surface area contributed by atoms with Crippen molar-refractivity contribution in [3.8, 4) is 5.75 Å². The van der Waals surface area contributed by atoms with E-state index in [-0.39, 0.29) is 12.5 Å². The fourth-order valence-electron chi connectivity index (χ4n) is 3.03. The zero-order chi connectivity index (χ0) is 19.8. The molecule has 0 bridgehead atoms. The molecule has 0 spiro atoms. The highest BCUT2D eigenvalue weighted by molar-refractivity contribution is 5.77. The van der Waals surface area contributed by atoms with Gasteiger partial charge in [-0.15, -0.1) is 0 Å². The van der Waals surface area contributed by atoms with E-state index in [0.717, 1.165) is 29.7 Å². The third kappa shape index (κ3) is 6.74. The predicted molar refractivity (Wildman–Crippen MR) is 113 cm³/mol. The van der Waals surface area contributed by atoms with Gasteiger partial charge in [0.25, 0.3) is 5.91 Å². The van der Waals surface area contributed by atoms with Crippen LogP contribution < -0.4 is 10.1 Å². The summed E-state index contributed by atoms with van der Waals surface area (Å²) in [6.07, 6.45) is 1.89. The summed E-state index contributed by atoms with van der Waals surface area (Å²) in [7, 11) is 0. The summed E-state index contributed by atoms with van der Waals surface area (Å²) in [4.78, 5) is 12.1. The third-order valence-corrected chi connectivity index (χ3v) is 4.76. The zero-order valence-electron chi connectivity index (χ0n) is 17.3. The van der Waals surface area contributed by atoms with Crippen molar-refractivity contribution in [3.63, 3.8) is 0 Å². The van der Waals surface area contributed by atoms with Crippen molar-refractivity contribution in [2.75, 3.05) is 13.2 Å². The molecule has 0 unspecified atom stereocenters. The van der Waals surface area contributed by atoms with Gasteiger partial charge < -0.3 is 10.1 Å². The smallest absolute Gasteiger partial charge is 0.257 e. The Kier molecular flexibility index (Phi) is 7.90. The van der Waals surface area contributed by atoms with Crippen LogP contribution >= 0.6 is 0 Å². The van der Waals surface area contributed by atoms with Gasteiger partial charge in [-0.1, -0.05) is 64.1 Å². The molecule has 1 amide bonds. The third-order valence-electron chi connectivity index (χ3n) is 4.76. The van der Waals surface area contributed by atoms with Gasteiger partial charge in [0.05, 0.1) is 0 Å². The van der Waals surface area contributed by atoms with Gasteiger partial charge in [-0.05, 0) is 59.9 Å². The van der Waals surface area contributed by atoms with Crippen molar-refractivity contribution >= 4 is 5.91 Å². The lowest BCUT2D eigenvalue weighted by molar-refractivity contribution is -0.123. The van der Waals surface area contributed by atoms with Crippen LogP contribution in [0.15, 0.2) is 42.5 Å². The molecule has 146 valence electrons. The number of nitrogens with one attached hydrogen (secondary N) is 1. The second kappa shape index (κ2) is 10.1. The van der Waals surface area contributed by atoms with E-state index in [1.165, 1.54) is 11.1 Å². The Morgan fingerprint density at radius 2 is 1.70 bits per heavy atom. The lowest BCUT2D eigenvalue weighted by Crippen LogP contribution is -2.30. The van der Waals surface area contributed by atoms with Gasteiger partial charge in [0.2, 0.25) is 0 Å². The second-order valence-corrected chi connectivity index (χ2v) is 7.83. The first-order valence-electron chi connectivity index (χ1n) is 9.95. The van der Waals surface area contributed by atoms with Crippen molar-refractivity contribution < 1.29 is 9.53 Å². The fourth-order valence-corrected chi connectivity index (χ4v) is 3.03. The molecule has 0 aromatic heterocycles. The molecule has 2 rings (SSSR count). The standard InChI is InChI=1S/C24H33NO2/c1-17(2)21-11-9-20(10-12-21)7-6-14-25-24(26)16-27-23-15-19(5)8-13-22(23)18(3)4/h8-13,15,17-18H,6-7,14,16H2,1-5H3,(H,25,26). The van der Waals surface area contributed by atoms with Crippen molar-refractivity contribution in [2.45, 2.75) is 59.3 Å². The van der Waals surface area contributed by atoms with E-state index in [1.807, 2.05) is 13.0 Å². The minimum absolute atomic E-state index is 0.0618. The van der Waals surface area contributed by atoms with Crippen molar-refractivity contribution in [3.05, 3.63) is 64.7 Å². The minimum atomic E-state index is -0.0682. The molecule has 0 saturated carbocycles. The molecule has 3 nitrogen and oxygen atoms in total. The van der Waals surface area contributed by atoms with Crippen LogP contribution in [0.1, 0.15) is 68.2 Å². The van der Waals surface area contributed by atoms with Crippen LogP contribution in [0.5, 0.6) is 5.75 Å². The van der Waals surface area contributed by atoms with Gasteiger partial charge >= 0.3 is 0 Å². The molecular weight excluding hydrogens is 334 g/mol. The fraction of sp³-hybridized carbons (Fsp3) is 0.458. The Labute approximate surface area is 164 Å². The number of aryl methyl sites for hydroxylation is 2. The minimum Gasteiger partial charge on any atom is -0.483 e. The van der Waals surface area contributed by atoms with Crippen molar-refractivity contribution in [1.29, 1.82) is 0 Å². The maximum absolute atomic E-state index is 12.1. The summed E-state index contributed by atoms with van der Waals surface area (Å²) >= 11 is 0. The van der Waals surface area contributed by atoms with E-state index in [2.05, 4.69) is 69.4 Å². The van der Waals surface area contributed by atoms with E-state index < -0.39 is 0 Å². The van der Waals surface area contributed by atoms with Crippen LogP contribution in [-0.4, -0.2) is 19.1 Å². The highest BCUT2D eigenvalue weighted by Gasteiger charge is 2.10. The van der Waals surface area contributed by atoms with Crippen molar-refractivity contribution in [2.24, 2.45) is 0 Å². The van der Waals surface area contributed by atoms with Crippen LogP contribution in [0.2, 0.25) is 0 Å². The lowest BCUT2D eigenvalue weighted by atomic mass is 10.0. The lowest BCUT2D eigenvalue weighted by Gasteiger charge is -2.15. The molecule has 0 atom stereocenters. The molecule has 2 aromatic rings. The van der Waals surface area contributed by atoms with Gasteiger partial charge in [-0.2, -0.15) is 0 Å². The Morgan fingerprint density at radius 3 is 2.33 bits per heavy atom. The van der Waals surface area contributed by atoms with Gasteiger partial charge in [0.15, 0.2) is 6.61 Å². The first-order chi connectivity index (χ1) is 12.9. The number of hydrogen-bond acceptors (Lipinski definition) is 2. The highest BCUT2D eigenvalue weighted by atomic mass is 16.5. The largest absolute Gasteiger partial charge is 0.483 e. The van der Waals surface area contributed by atoms with Gasteiger partial charge in [-0.3, -0.25) is 4.79 Å². The highest BCUT2D eigenvalue weighted by Crippen LogP contribution is 2.27. The van der Waals surface area contributed by atoms with E-state index in [1.54, 1.807) is 0 Å². The number of amides is 1. The van der Waals surface area contributed by atoms with Crippen molar-refractivity contribution in [1.82, 2.24) is 5.32 Å². The molecule has 0 fully saturated rings. The normalized spacial score (nSPS) is 11.1. The molecule has 0 aliphatic heterocycles. The molecule has 0 heterocycles. The molecule has 0 radical (unpaired) electrons. The van der Waals surface area contributed by atoms with Gasteiger partial charge in [0, 0.05) is 6.54 Å².